The minimum absolute atomic E-state index is 0.0450. The third-order valence-electron chi connectivity index (χ3n) is 5.33. The molecule has 0 spiro atoms. The molecule has 0 unspecified atom stereocenters. The number of amides is 2. The van der Waals surface area contributed by atoms with Crippen molar-refractivity contribution in [2.24, 2.45) is 5.92 Å². The van der Waals surface area contributed by atoms with Crippen molar-refractivity contribution in [2.45, 2.75) is 50.5 Å². The van der Waals surface area contributed by atoms with Crippen LogP contribution in [0.15, 0.2) is 35.4 Å². The van der Waals surface area contributed by atoms with Crippen LogP contribution in [0.4, 0.5) is 4.79 Å². The van der Waals surface area contributed by atoms with Crippen LogP contribution in [0.1, 0.15) is 40.0 Å². The zero-order chi connectivity index (χ0) is 26.8. The third-order valence-corrected chi connectivity index (χ3v) is 7.21. The molecule has 0 saturated carbocycles. The largest absolute Gasteiger partial charge is 0.473 e. The topological polar surface area (TPSA) is 136 Å². The molecule has 0 bridgehead atoms. The van der Waals surface area contributed by atoms with E-state index in [0.29, 0.717) is 51.1 Å². The summed E-state index contributed by atoms with van der Waals surface area (Å²) in [5.41, 5.74) is -0.000605. The summed E-state index contributed by atoms with van der Waals surface area (Å²) in [5, 5.41) is 5.39. The highest BCUT2D eigenvalue weighted by Crippen LogP contribution is 2.26. The van der Waals surface area contributed by atoms with Crippen LogP contribution < -0.4 is 15.4 Å². The van der Waals surface area contributed by atoms with Crippen LogP contribution in [0.3, 0.4) is 0 Å². The summed E-state index contributed by atoms with van der Waals surface area (Å²) in [7, 11) is -2.12. The fourth-order valence-corrected chi connectivity index (χ4v) is 4.89. The van der Waals surface area contributed by atoms with Gasteiger partial charge >= 0.3 is 6.09 Å². The van der Waals surface area contributed by atoms with Gasteiger partial charge in [-0.05, 0) is 51.2 Å². The molecule has 1 aliphatic heterocycles. The average Bonchev–Trinajstić information content (AvgIpc) is 2.81. The molecule has 0 radical (unpaired) electrons. The molecule has 1 aliphatic rings. The van der Waals surface area contributed by atoms with E-state index in [9.17, 15) is 18.0 Å². The first-order chi connectivity index (χ1) is 16.9. The number of nitrogens with one attached hydrogen (secondary N) is 2. The number of hydrogen-bond donors (Lipinski definition) is 2. The van der Waals surface area contributed by atoms with Gasteiger partial charge in [0.15, 0.2) is 0 Å². The molecule has 0 aliphatic carbocycles. The van der Waals surface area contributed by atoms with Crippen molar-refractivity contribution in [2.75, 3.05) is 46.5 Å². The molecule has 0 aromatic carbocycles. The van der Waals surface area contributed by atoms with Crippen LogP contribution >= 0.6 is 0 Å². The van der Waals surface area contributed by atoms with Gasteiger partial charge in [-0.3, -0.25) is 4.79 Å². The van der Waals surface area contributed by atoms with E-state index in [2.05, 4.69) is 22.2 Å². The van der Waals surface area contributed by atoms with E-state index in [4.69, 9.17) is 14.2 Å². The Bertz CT molecular complexity index is 983. The lowest BCUT2D eigenvalue weighted by atomic mass is 9.94. The Labute approximate surface area is 213 Å². The smallest absolute Gasteiger partial charge is 0.407 e. The number of methoxy groups -OCH3 is 1. The number of carbonyl (C=O) groups excluding carboxylic acids is 2. The molecule has 2 N–H and O–H groups in total. The molecular formula is C24H38N4O7S. The summed E-state index contributed by atoms with van der Waals surface area (Å²) < 4.78 is 43.0. The predicted octanol–water partition coefficient (Wildman–Crippen LogP) is 2.09. The standard InChI is InChI=1S/C24H38N4O7S/c1-18(15-27-23(30)35-24(2,3)4)17-34-22-7-6-20(16-26-22)36(31,32)28-11-8-19(9-12-28)14-21(29)25-10-13-33-5/h6-7,16,19H,1,8-15,17H2,2-5H3,(H,25,29)(H,27,30). The number of rotatable bonds is 12. The van der Waals surface area contributed by atoms with Crippen molar-refractivity contribution in [3.63, 3.8) is 0 Å². The van der Waals surface area contributed by atoms with Gasteiger partial charge in [0.1, 0.15) is 17.1 Å². The lowest BCUT2D eigenvalue weighted by molar-refractivity contribution is -0.122. The first-order valence-corrected chi connectivity index (χ1v) is 13.3. The first kappa shape index (κ1) is 29.5. The van der Waals surface area contributed by atoms with Gasteiger partial charge < -0.3 is 24.8 Å². The van der Waals surface area contributed by atoms with Gasteiger partial charge in [0.2, 0.25) is 21.8 Å². The van der Waals surface area contributed by atoms with Crippen LogP contribution in [-0.2, 0) is 24.3 Å². The highest BCUT2D eigenvalue weighted by atomic mass is 32.2. The minimum atomic E-state index is -3.69. The van der Waals surface area contributed by atoms with E-state index < -0.39 is 21.7 Å². The fraction of sp³-hybridized carbons (Fsp3) is 0.625. The lowest BCUT2D eigenvalue weighted by Crippen LogP contribution is -2.39. The predicted molar refractivity (Wildman–Crippen MR) is 134 cm³/mol. The molecule has 1 fully saturated rings. The summed E-state index contributed by atoms with van der Waals surface area (Å²) in [6.45, 7) is 11.1. The number of aromatic nitrogens is 1. The molecule has 11 nitrogen and oxygen atoms in total. The van der Waals surface area contributed by atoms with Gasteiger partial charge in [-0.2, -0.15) is 4.31 Å². The van der Waals surface area contributed by atoms with Crippen molar-refractivity contribution in [3.05, 3.63) is 30.5 Å². The molecule has 0 atom stereocenters. The highest BCUT2D eigenvalue weighted by Gasteiger charge is 2.30. The molecular weight excluding hydrogens is 488 g/mol. The maximum atomic E-state index is 13.0. The average molecular weight is 527 g/mol. The van der Waals surface area contributed by atoms with E-state index in [0.717, 1.165) is 0 Å². The highest BCUT2D eigenvalue weighted by molar-refractivity contribution is 7.89. The molecule has 2 amide bonds. The lowest BCUT2D eigenvalue weighted by Gasteiger charge is -2.30. The van der Waals surface area contributed by atoms with E-state index in [-0.39, 0.29) is 35.8 Å². The van der Waals surface area contributed by atoms with Crippen LogP contribution in [0, 0.1) is 5.92 Å². The van der Waals surface area contributed by atoms with Crippen molar-refractivity contribution < 1.29 is 32.2 Å². The second kappa shape index (κ2) is 13.6. The number of piperidine rings is 1. The van der Waals surface area contributed by atoms with E-state index >= 15 is 0 Å². The Morgan fingerprint density at radius 1 is 1.19 bits per heavy atom. The Kier molecular flexibility index (Phi) is 11.1. The van der Waals surface area contributed by atoms with Crippen LogP contribution in [0.2, 0.25) is 0 Å². The molecule has 202 valence electrons. The molecule has 1 aromatic heterocycles. The summed E-state index contributed by atoms with van der Waals surface area (Å²) >= 11 is 0. The quantitative estimate of drug-likeness (QED) is 0.312. The maximum absolute atomic E-state index is 13.0. The number of alkyl carbamates (subject to hydrolysis) is 1. The van der Waals surface area contributed by atoms with Gasteiger partial charge in [-0.15, -0.1) is 0 Å². The summed E-state index contributed by atoms with van der Waals surface area (Å²) in [5.74, 6) is 0.341. The second-order valence-electron chi connectivity index (χ2n) is 9.62. The van der Waals surface area contributed by atoms with Gasteiger partial charge in [-0.1, -0.05) is 6.58 Å². The second-order valence-corrected chi connectivity index (χ2v) is 11.6. The van der Waals surface area contributed by atoms with Crippen LogP contribution in [0.25, 0.3) is 0 Å². The number of carbonyl (C=O) groups is 2. The van der Waals surface area contributed by atoms with Gasteiger partial charge in [0, 0.05) is 45.8 Å². The molecule has 12 heteroatoms. The minimum Gasteiger partial charge on any atom is -0.473 e. The Hall–Kier alpha value is -2.70. The Morgan fingerprint density at radius 3 is 2.47 bits per heavy atom. The van der Waals surface area contributed by atoms with Crippen molar-refractivity contribution in [1.82, 2.24) is 19.9 Å². The molecule has 2 rings (SSSR count). The van der Waals surface area contributed by atoms with E-state index in [1.807, 2.05) is 0 Å². The maximum Gasteiger partial charge on any atom is 0.407 e. The van der Waals surface area contributed by atoms with Crippen molar-refractivity contribution >= 4 is 22.0 Å². The van der Waals surface area contributed by atoms with Gasteiger partial charge in [-0.25, -0.2) is 18.2 Å². The molecule has 1 aromatic rings. The van der Waals surface area contributed by atoms with E-state index in [1.54, 1.807) is 27.9 Å². The number of nitrogens with zero attached hydrogens (tertiary/aromatic N) is 2. The van der Waals surface area contributed by atoms with Crippen LogP contribution in [-0.4, -0.2) is 81.8 Å². The first-order valence-electron chi connectivity index (χ1n) is 11.9. The van der Waals surface area contributed by atoms with Gasteiger partial charge in [0.05, 0.1) is 12.8 Å². The Balaban J connectivity index is 1.79. The number of sulfonamides is 1. The van der Waals surface area contributed by atoms with Gasteiger partial charge in [0.25, 0.3) is 0 Å². The SMILES string of the molecule is C=C(CNC(=O)OC(C)(C)C)COc1ccc(S(=O)(=O)N2CCC(CC(=O)NCCOC)CC2)cn1. The summed E-state index contributed by atoms with van der Waals surface area (Å²) in [6, 6.07) is 2.94. The fourth-order valence-electron chi connectivity index (χ4n) is 3.47. The van der Waals surface area contributed by atoms with Crippen molar-refractivity contribution in [3.8, 4) is 5.88 Å². The van der Waals surface area contributed by atoms with Crippen LogP contribution in [0.5, 0.6) is 5.88 Å². The molecule has 1 saturated heterocycles. The zero-order valence-electron chi connectivity index (χ0n) is 21.5. The molecule has 36 heavy (non-hydrogen) atoms. The summed E-state index contributed by atoms with van der Waals surface area (Å²) in [4.78, 5) is 27.9. The normalized spacial score (nSPS) is 15.2. The van der Waals surface area contributed by atoms with E-state index in [1.165, 1.54) is 22.6 Å². The van der Waals surface area contributed by atoms with Crippen molar-refractivity contribution in [1.29, 1.82) is 0 Å². The third kappa shape index (κ3) is 10.1. The zero-order valence-corrected chi connectivity index (χ0v) is 22.4. The number of ether oxygens (including phenoxy) is 3. The Morgan fingerprint density at radius 2 is 1.89 bits per heavy atom. The monoisotopic (exact) mass is 526 g/mol. The molecule has 2 heterocycles. The summed E-state index contributed by atoms with van der Waals surface area (Å²) in [6.07, 6.45) is 2.33. The number of pyridine rings is 1. The number of hydrogen-bond acceptors (Lipinski definition) is 8.